The van der Waals surface area contributed by atoms with Crippen LogP contribution in [0.4, 0.5) is 5.69 Å². The minimum Gasteiger partial charge on any atom is -0.477 e. The second-order valence-electron chi connectivity index (χ2n) is 6.05. The first kappa shape index (κ1) is 16.8. The molecule has 3 rings (SSSR count). The molecule has 0 saturated heterocycles. The van der Waals surface area contributed by atoms with Gasteiger partial charge in [-0.3, -0.25) is 4.79 Å². The van der Waals surface area contributed by atoms with Crippen LogP contribution >= 0.6 is 0 Å². The van der Waals surface area contributed by atoms with Crippen molar-refractivity contribution in [2.45, 2.75) is 26.0 Å². The fourth-order valence-corrected chi connectivity index (χ4v) is 2.86. The van der Waals surface area contributed by atoms with Gasteiger partial charge in [0.2, 0.25) is 0 Å². The van der Waals surface area contributed by atoms with E-state index in [2.05, 4.69) is 16.3 Å². The Kier molecular flexibility index (Phi) is 5.20. The number of nitriles is 1. The number of para-hydroxylation sites is 2. The van der Waals surface area contributed by atoms with E-state index in [0.29, 0.717) is 25.2 Å². The molecule has 0 fully saturated rings. The van der Waals surface area contributed by atoms with Gasteiger partial charge in [0.25, 0.3) is 5.91 Å². The third-order valence-electron chi connectivity index (χ3n) is 4.16. The van der Waals surface area contributed by atoms with Crippen molar-refractivity contribution < 1.29 is 9.53 Å². The van der Waals surface area contributed by atoms with Gasteiger partial charge < -0.3 is 15.0 Å². The van der Waals surface area contributed by atoms with Crippen molar-refractivity contribution in [1.82, 2.24) is 5.32 Å². The van der Waals surface area contributed by atoms with Gasteiger partial charge in [-0.15, -0.1) is 0 Å². The van der Waals surface area contributed by atoms with E-state index >= 15 is 0 Å². The number of carbonyl (C=O) groups is 1. The molecule has 0 aliphatic carbocycles. The number of nitrogens with zero attached hydrogens (tertiary/aromatic N) is 2. The molecule has 5 nitrogen and oxygen atoms in total. The van der Waals surface area contributed by atoms with E-state index in [1.165, 1.54) is 0 Å². The van der Waals surface area contributed by atoms with E-state index in [4.69, 9.17) is 10.00 Å². The van der Waals surface area contributed by atoms with Crippen molar-refractivity contribution in [1.29, 1.82) is 5.26 Å². The molecule has 1 N–H and O–H groups in total. The van der Waals surface area contributed by atoms with E-state index in [0.717, 1.165) is 23.4 Å². The van der Waals surface area contributed by atoms with Crippen molar-refractivity contribution in [3.8, 4) is 11.8 Å². The number of carbonyl (C=O) groups excluding carboxylic acids is 1. The predicted molar refractivity (Wildman–Crippen MR) is 96.4 cm³/mol. The van der Waals surface area contributed by atoms with Crippen LogP contribution < -0.4 is 15.0 Å². The van der Waals surface area contributed by atoms with E-state index in [1.54, 1.807) is 0 Å². The fourth-order valence-electron chi connectivity index (χ4n) is 2.86. The topological polar surface area (TPSA) is 65.4 Å². The van der Waals surface area contributed by atoms with E-state index in [1.807, 2.05) is 55.5 Å². The van der Waals surface area contributed by atoms with Gasteiger partial charge in [0.05, 0.1) is 23.9 Å². The lowest BCUT2D eigenvalue weighted by molar-refractivity contribution is -0.127. The zero-order valence-electron chi connectivity index (χ0n) is 14.2. The molecule has 2 aromatic carbocycles. The highest BCUT2D eigenvalue weighted by atomic mass is 16.5. The Bertz CT molecular complexity index is 780. The summed E-state index contributed by atoms with van der Waals surface area (Å²) in [4.78, 5) is 14.5. The number of anilines is 1. The van der Waals surface area contributed by atoms with E-state index in [-0.39, 0.29) is 5.91 Å². The Morgan fingerprint density at radius 3 is 2.76 bits per heavy atom. The molecule has 1 heterocycles. The smallest absolute Gasteiger partial charge is 0.262 e. The maximum absolute atomic E-state index is 12.3. The molecule has 25 heavy (non-hydrogen) atoms. The van der Waals surface area contributed by atoms with Crippen LogP contribution in [0.15, 0.2) is 48.5 Å². The standard InChI is InChI=1S/C20H21N3O2/c1-2-11-22-20(24)19-14-23(17-5-3-4-6-18(17)25-19)13-16-9-7-15(12-21)8-10-16/h3-10,19H,2,11,13-14H2,1H3,(H,22,24)/t19-/m1/s1. The van der Waals surface area contributed by atoms with Crippen LogP contribution in [-0.2, 0) is 11.3 Å². The molecule has 1 aliphatic heterocycles. The Balaban J connectivity index is 1.80. The molecule has 1 aliphatic rings. The Labute approximate surface area is 147 Å². The number of nitrogens with one attached hydrogen (secondary N) is 1. The van der Waals surface area contributed by atoms with Gasteiger partial charge >= 0.3 is 0 Å². The van der Waals surface area contributed by atoms with E-state index in [9.17, 15) is 4.79 Å². The second kappa shape index (κ2) is 7.71. The zero-order valence-corrected chi connectivity index (χ0v) is 14.2. The summed E-state index contributed by atoms with van der Waals surface area (Å²) in [6.07, 6.45) is 0.365. The van der Waals surface area contributed by atoms with Crippen molar-refractivity contribution in [3.05, 3.63) is 59.7 Å². The number of amides is 1. The van der Waals surface area contributed by atoms with Gasteiger partial charge in [0, 0.05) is 13.1 Å². The zero-order chi connectivity index (χ0) is 17.6. The monoisotopic (exact) mass is 335 g/mol. The maximum atomic E-state index is 12.3. The molecule has 0 saturated carbocycles. The van der Waals surface area contributed by atoms with Crippen LogP contribution in [0.5, 0.6) is 5.75 Å². The first-order valence-corrected chi connectivity index (χ1v) is 8.48. The molecule has 1 atom stereocenters. The van der Waals surface area contributed by atoms with Crippen LogP contribution in [-0.4, -0.2) is 25.1 Å². The quantitative estimate of drug-likeness (QED) is 0.912. The van der Waals surface area contributed by atoms with Crippen molar-refractivity contribution in [3.63, 3.8) is 0 Å². The summed E-state index contributed by atoms with van der Waals surface area (Å²) in [5, 5.41) is 11.8. The maximum Gasteiger partial charge on any atom is 0.262 e. The summed E-state index contributed by atoms with van der Waals surface area (Å²) >= 11 is 0. The first-order chi connectivity index (χ1) is 12.2. The van der Waals surface area contributed by atoms with Gasteiger partial charge in [-0.2, -0.15) is 5.26 Å². The lowest BCUT2D eigenvalue weighted by atomic mass is 10.1. The van der Waals surface area contributed by atoms with Crippen LogP contribution in [0.1, 0.15) is 24.5 Å². The molecular weight excluding hydrogens is 314 g/mol. The number of hydrogen-bond acceptors (Lipinski definition) is 4. The molecule has 0 unspecified atom stereocenters. The summed E-state index contributed by atoms with van der Waals surface area (Å²) in [6.45, 7) is 3.82. The molecule has 2 aromatic rings. The van der Waals surface area contributed by atoms with Crippen LogP contribution in [0.3, 0.4) is 0 Å². The summed E-state index contributed by atoms with van der Waals surface area (Å²) in [6, 6.07) is 17.4. The molecule has 0 radical (unpaired) electrons. The predicted octanol–water partition coefficient (Wildman–Crippen LogP) is 2.85. The van der Waals surface area contributed by atoms with Gasteiger partial charge in [-0.1, -0.05) is 31.2 Å². The number of benzene rings is 2. The average molecular weight is 335 g/mol. The van der Waals surface area contributed by atoms with Crippen molar-refractivity contribution in [2.24, 2.45) is 0 Å². The highest BCUT2D eigenvalue weighted by Gasteiger charge is 2.30. The normalized spacial score (nSPS) is 15.7. The third-order valence-corrected chi connectivity index (χ3v) is 4.16. The second-order valence-corrected chi connectivity index (χ2v) is 6.05. The number of hydrogen-bond donors (Lipinski definition) is 1. The number of ether oxygens (including phenoxy) is 1. The number of rotatable bonds is 5. The minimum atomic E-state index is -0.528. The highest BCUT2D eigenvalue weighted by molar-refractivity contribution is 5.83. The van der Waals surface area contributed by atoms with Crippen molar-refractivity contribution >= 4 is 11.6 Å². The SMILES string of the molecule is CCCNC(=O)[C@H]1CN(Cc2ccc(C#N)cc2)c2ccccc2O1. The summed E-state index contributed by atoms with van der Waals surface area (Å²) in [5.74, 6) is 0.639. The number of fused-ring (bicyclic) bond motifs is 1. The van der Waals surface area contributed by atoms with Gasteiger partial charge in [0.1, 0.15) is 5.75 Å². The Morgan fingerprint density at radius 2 is 2.04 bits per heavy atom. The van der Waals surface area contributed by atoms with Crippen LogP contribution in [0.2, 0.25) is 0 Å². The molecule has 128 valence electrons. The van der Waals surface area contributed by atoms with E-state index < -0.39 is 6.10 Å². The van der Waals surface area contributed by atoms with Gasteiger partial charge in [-0.25, -0.2) is 0 Å². The fraction of sp³-hybridized carbons (Fsp3) is 0.300. The van der Waals surface area contributed by atoms with Crippen LogP contribution in [0, 0.1) is 11.3 Å². The largest absolute Gasteiger partial charge is 0.477 e. The molecule has 0 bridgehead atoms. The summed E-state index contributed by atoms with van der Waals surface area (Å²) in [5.41, 5.74) is 2.71. The lowest BCUT2D eigenvalue weighted by Gasteiger charge is -2.35. The van der Waals surface area contributed by atoms with Gasteiger partial charge in [-0.05, 0) is 36.2 Å². The molecule has 0 aromatic heterocycles. The van der Waals surface area contributed by atoms with Crippen LogP contribution in [0.25, 0.3) is 0 Å². The molecular formula is C20H21N3O2. The summed E-state index contributed by atoms with van der Waals surface area (Å²) in [7, 11) is 0. The summed E-state index contributed by atoms with van der Waals surface area (Å²) < 4.78 is 5.90. The Morgan fingerprint density at radius 1 is 1.28 bits per heavy atom. The Hall–Kier alpha value is -3.00. The highest BCUT2D eigenvalue weighted by Crippen LogP contribution is 2.34. The molecule has 0 spiro atoms. The third kappa shape index (κ3) is 3.92. The lowest BCUT2D eigenvalue weighted by Crippen LogP contribution is -2.48. The minimum absolute atomic E-state index is 0.0822. The molecule has 1 amide bonds. The van der Waals surface area contributed by atoms with Crippen molar-refractivity contribution in [2.75, 3.05) is 18.0 Å². The average Bonchev–Trinajstić information content (AvgIpc) is 2.66. The molecule has 5 heteroatoms. The van der Waals surface area contributed by atoms with Gasteiger partial charge in [0.15, 0.2) is 6.10 Å². The first-order valence-electron chi connectivity index (χ1n) is 8.48.